The van der Waals surface area contributed by atoms with Gasteiger partial charge in [-0.2, -0.15) is 13.2 Å². The van der Waals surface area contributed by atoms with E-state index >= 15 is 0 Å². The molecule has 0 aliphatic rings. The molecule has 0 aliphatic carbocycles. The highest BCUT2D eigenvalue weighted by atomic mass is 35.5. The van der Waals surface area contributed by atoms with Gasteiger partial charge in [-0.25, -0.2) is 9.67 Å². The van der Waals surface area contributed by atoms with E-state index in [0.717, 1.165) is 17.7 Å². The predicted octanol–water partition coefficient (Wildman–Crippen LogP) is 6.79. The molecular weight excluding hydrogens is 630 g/mol. The van der Waals surface area contributed by atoms with Crippen LogP contribution in [0.1, 0.15) is 17.2 Å². The Morgan fingerprint density at radius 3 is 2.47 bits per heavy atom. The van der Waals surface area contributed by atoms with Gasteiger partial charge in [0.25, 0.3) is 5.56 Å². The van der Waals surface area contributed by atoms with Crippen LogP contribution in [0.4, 0.5) is 18.9 Å². The fourth-order valence-corrected chi connectivity index (χ4v) is 5.17. The summed E-state index contributed by atoms with van der Waals surface area (Å²) in [6, 6.07) is 18.5. The molecule has 6 aromatic rings. The number of benzene rings is 3. The van der Waals surface area contributed by atoms with Crippen molar-refractivity contribution in [3.63, 3.8) is 0 Å². The lowest BCUT2D eigenvalue weighted by molar-refractivity contribution is -0.137. The first-order chi connectivity index (χ1) is 21.6. The summed E-state index contributed by atoms with van der Waals surface area (Å²) in [6.45, 7) is 0. The Hall–Kier alpha value is -5.07. The molecule has 0 saturated heterocycles. The van der Waals surface area contributed by atoms with Gasteiger partial charge in [0.2, 0.25) is 5.91 Å². The Labute approximate surface area is 262 Å². The third-order valence-corrected chi connectivity index (χ3v) is 7.43. The van der Waals surface area contributed by atoms with Crippen molar-refractivity contribution in [3.05, 3.63) is 129 Å². The molecule has 1 atom stereocenters. The van der Waals surface area contributed by atoms with Gasteiger partial charge in [-0.1, -0.05) is 58.7 Å². The largest absolute Gasteiger partial charge is 0.416 e. The first-order valence-electron chi connectivity index (χ1n) is 13.3. The number of anilines is 1. The van der Waals surface area contributed by atoms with Crippen molar-refractivity contribution < 1.29 is 18.0 Å². The first-order valence-corrected chi connectivity index (χ1v) is 14.1. The van der Waals surface area contributed by atoms with Gasteiger partial charge in [0, 0.05) is 34.7 Å². The Bertz CT molecular complexity index is 2100. The summed E-state index contributed by atoms with van der Waals surface area (Å²) in [6.07, 6.45) is -0.396. The number of halogens is 5. The Morgan fingerprint density at radius 2 is 1.76 bits per heavy atom. The van der Waals surface area contributed by atoms with Crippen LogP contribution >= 0.6 is 23.2 Å². The highest BCUT2D eigenvalue weighted by Crippen LogP contribution is 2.33. The summed E-state index contributed by atoms with van der Waals surface area (Å²) >= 11 is 12.2. The molecule has 0 fully saturated rings. The Balaban J connectivity index is 1.40. The number of nitrogens with one attached hydrogen (secondary N) is 1. The fourth-order valence-electron chi connectivity index (χ4n) is 4.87. The van der Waals surface area contributed by atoms with Crippen molar-refractivity contribution >= 4 is 45.7 Å². The quantitative estimate of drug-likeness (QED) is 0.204. The third-order valence-electron chi connectivity index (χ3n) is 7.02. The number of fused-ring (bicyclic) bond motifs is 1. The lowest BCUT2D eigenvalue weighted by Gasteiger charge is -2.20. The molecule has 1 unspecified atom stereocenters. The number of hydrogen-bond acceptors (Lipinski definition) is 6. The zero-order valence-corrected chi connectivity index (χ0v) is 24.4. The van der Waals surface area contributed by atoms with Crippen molar-refractivity contribution in [2.75, 3.05) is 5.32 Å². The molecule has 45 heavy (non-hydrogen) atoms. The summed E-state index contributed by atoms with van der Waals surface area (Å²) < 4.78 is 43.0. The van der Waals surface area contributed by atoms with Crippen molar-refractivity contribution in [1.82, 2.24) is 29.5 Å². The molecule has 1 amide bonds. The molecule has 3 aromatic heterocycles. The van der Waals surface area contributed by atoms with Crippen molar-refractivity contribution in [3.8, 4) is 16.9 Å². The summed E-state index contributed by atoms with van der Waals surface area (Å²) in [5.74, 6) is -0.638. The maximum Gasteiger partial charge on any atom is 0.416 e. The van der Waals surface area contributed by atoms with Crippen LogP contribution in [-0.2, 0) is 17.4 Å². The maximum absolute atomic E-state index is 13.8. The second kappa shape index (κ2) is 12.1. The number of pyridine rings is 1. The minimum Gasteiger partial charge on any atom is -0.324 e. The van der Waals surface area contributed by atoms with Gasteiger partial charge in [-0.3, -0.25) is 19.1 Å². The second-order valence-corrected chi connectivity index (χ2v) is 10.8. The van der Waals surface area contributed by atoms with Crippen LogP contribution < -0.4 is 10.9 Å². The Kier molecular flexibility index (Phi) is 8.09. The van der Waals surface area contributed by atoms with Crippen molar-refractivity contribution in [2.45, 2.75) is 18.6 Å². The van der Waals surface area contributed by atoms with Gasteiger partial charge in [0.1, 0.15) is 6.04 Å². The fraction of sp³-hybridized carbons (Fsp3) is 0.0968. The molecule has 0 saturated carbocycles. The molecule has 1 N–H and O–H groups in total. The summed E-state index contributed by atoms with van der Waals surface area (Å²) in [4.78, 5) is 36.1. The van der Waals surface area contributed by atoms with E-state index < -0.39 is 29.2 Å². The van der Waals surface area contributed by atoms with E-state index in [2.05, 4.69) is 25.6 Å². The van der Waals surface area contributed by atoms with Gasteiger partial charge >= 0.3 is 6.18 Å². The highest BCUT2D eigenvalue weighted by Gasteiger charge is 2.31. The molecule has 0 aliphatic heterocycles. The topological polar surface area (TPSA) is 108 Å². The molecule has 3 aromatic carbocycles. The number of hydrogen-bond donors (Lipinski definition) is 1. The summed E-state index contributed by atoms with van der Waals surface area (Å²) in [7, 11) is 0. The average Bonchev–Trinajstić information content (AvgIpc) is 3.45. The second-order valence-electron chi connectivity index (χ2n) is 9.95. The van der Waals surface area contributed by atoms with Crippen LogP contribution in [0.15, 0.2) is 102 Å². The first kappa shape index (κ1) is 30.0. The van der Waals surface area contributed by atoms with E-state index in [9.17, 15) is 22.8 Å². The van der Waals surface area contributed by atoms with Gasteiger partial charge in [0.15, 0.2) is 5.15 Å². The molecule has 0 radical (unpaired) electrons. The van der Waals surface area contributed by atoms with Crippen LogP contribution in [-0.4, -0.2) is 35.4 Å². The SMILES string of the molecule is O=C(Nc1ccnc2ccc(C(F)(F)F)cc12)C(Cc1ccccc1)n1cnc(-c2cc(Cl)ccc2-n2cc(Cl)nn2)cc1=O. The monoisotopic (exact) mass is 649 g/mol. The van der Waals surface area contributed by atoms with Crippen LogP contribution in [0.2, 0.25) is 10.2 Å². The van der Waals surface area contributed by atoms with Crippen molar-refractivity contribution in [2.24, 2.45) is 0 Å². The predicted molar refractivity (Wildman–Crippen MR) is 163 cm³/mol. The highest BCUT2D eigenvalue weighted by molar-refractivity contribution is 6.31. The summed E-state index contributed by atoms with van der Waals surface area (Å²) in [5.41, 5.74) is 0.885. The molecule has 0 spiro atoms. The lowest BCUT2D eigenvalue weighted by atomic mass is 10.0. The molecule has 9 nitrogen and oxygen atoms in total. The number of alkyl halides is 3. The summed E-state index contributed by atoms with van der Waals surface area (Å²) in [5, 5.41) is 11.1. The number of nitrogens with zero attached hydrogens (tertiary/aromatic N) is 6. The Morgan fingerprint density at radius 1 is 0.956 bits per heavy atom. The van der Waals surface area contributed by atoms with E-state index in [0.29, 0.717) is 16.3 Å². The number of carbonyl (C=O) groups excluding carboxylic acids is 1. The van der Waals surface area contributed by atoms with E-state index in [4.69, 9.17) is 23.2 Å². The maximum atomic E-state index is 13.8. The van der Waals surface area contributed by atoms with Gasteiger partial charge in [0.05, 0.1) is 40.7 Å². The molecule has 3 heterocycles. The zero-order chi connectivity index (χ0) is 31.7. The third kappa shape index (κ3) is 6.42. The normalized spacial score (nSPS) is 12.3. The lowest BCUT2D eigenvalue weighted by Crippen LogP contribution is -2.34. The molecule has 226 valence electrons. The van der Waals surface area contributed by atoms with E-state index in [-0.39, 0.29) is 33.9 Å². The molecule has 0 bridgehead atoms. The minimum atomic E-state index is -4.59. The minimum absolute atomic E-state index is 0.0876. The van der Waals surface area contributed by atoms with Crippen LogP contribution in [0.5, 0.6) is 0 Å². The zero-order valence-electron chi connectivity index (χ0n) is 22.9. The smallest absolute Gasteiger partial charge is 0.324 e. The van der Waals surface area contributed by atoms with Gasteiger partial charge < -0.3 is 5.32 Å². The van der Waals surface area contributed by atoms with Gasteiger partial charge in [-0.15, -0.1) is 5.10 Å². The molecule has 6 rings (SSSR count). The number of rotatable bonds is 7. The van der Waals surface area contributed by atoms with E-state index in [1.807, 2.05) is 6.07 Å². The standard InChI is InChI=1S/C31H20Cl2F3N7O2/c32-20-7-9-26(43-16-28(33)40-41-43)22(14-20)25-15-29(44)42(17-38-25)27(12-18-4-2-1-3-5-18)30(45)39-24-10-11-37-23-8-6-19(13-21(23)24)31(34,35)36/h1-11,13-17,27H,12H2,(H,37,39,45). The number of amides is 1. The van der Waals surface area contributed by atoms with Crippen LogP contribution in [0, 0.1) is 0 Å². The molecular formula is C31H20Cl2F3N7O2. The van der Waals surface area contributed by atoms with Crippen LogP contribution in [0.3, 0.4) is 0 Å². The van der Waals surface area contributed by atoms with Crippen molar-refractivity contribution in [1.29, 1.82) is 0 Å². The van der Waals surface area contributed by atoms with E-state index in [1.165, 1.54) is 46.2 Å². The molecule has 14 heteroatoms. The van der Waals surface area contributed by atoms with Gasteiger partial charge in [-0.05, 0) is 48.0 Å². The average molecular weight is 650 g/mol. The van der Waals surface area contributed by atoms with Crippen LogP contribution in [0.25, 0.3) is 27.8 Å². The number of aromatic nitrogens is 6. The van der Waals surface area contributed by atoms with E-state index in [1.54, 1.807) is 42.5 Å². The number of carbonyl (C=O) groups is 1.